The minimum absolute atomic E-state index is 0.177. The number of rotatable bonds is 1. The lowest BCUT2D eigenvalue weighted by molar-refractivity contribution is 0.104. The van der Waals surface area contributed by atoms with Crippen LogP contribution in [0.4, 0.5) is 0 Å². The lowest BCUT2D eigenvalue weighted by atomic mass is 10.00. The van der Waals surface area contributed by atoms with Crippen molar-refractivity contribution in [1.82, 2.24) is 0 Å². The molecule has 0 N–H and O–H groups in total. The van der Waals surface area contributed by atoms with Crippen LogP contribution in [0.25, 0.3) is 21.9 Å². The molecule has 108 valence electrons. The van der Waals surface area contributed by atoms with E-state index in [0.717, 1.165) is 16.7 Å². The van der Waals surface area contributed by atoms with Gasteiger partial charge in [-0.3, -0.25) is 4.79 Å². The SMILES string of the molecule is C[Si](C)(C)c1c2c(cc3ccccc13)C(=O)c1ccccc1-2. The van der Waals surface area contributed by atoms with E-state index in [-0.39, 0.29) is 5.78 Å². The fourth-order valence-electron chi connectivity index (χ4n) is 3.63. The summed E-state index contributed by atoms with van der Waals surface area (Å²) in [5.74, 6) is 0.177. The molecule has 0 atom stereocenters. The highest BCUT2D eigenvalue weighted by Gasteiger charge is 2.33. The summed E-state index contributed by atoms with van der Waals surface area (Å²) < 4.78 is 0. The van der Waals surface area contributed by atoms with E-state index >= 15 is 0 Å². The Morgan fingerprint density at radius 2 is 1.41 bits per heavy atom. The van der Waals surface area contributed by atoms with Crippen LogP contribution in [0, 0.1) is 0 Å². The first kappa shape index (κ1) is 13.5. The van der Waals surface area contributed by atoms with Gasteiger partial charge in [0, 0.05) is 11.1 Å². The molecule has 0 radical (unpaired) electrons. The molecule has 0 saturated heterocycles. The Kier molecular flexibility index (Phi) is 2.69. The maximum Gasteiger partial charge on any atom is 0.194 e. The van der Waals surface area contributed by atoms with Gasteiger partial charge < -0.3 is 0 Å². The van der Waals surface area contributed by atoms with E-state index in [2.05, 4.69) is 56.0 Å². The molecule has 3 aromatic carbocycles. The van der Waals surface area contributed by atoms with Crippen molar-refractivity contribution >= 4 is 29.8 Å². The second kappa shape index (κ2) is 4.40. The van der Waals surface area contributed by atoms with Crippen molar-refractivity contribution in [3.63, 3.8) is 0 Å². The molecule has 0 heterocycles. The molecule has 22 heavy (non-hydrogen) atoms. The van der Waals surface area contributed by atoms with Gasteiger partial charge in [-0.15, -0.1) is 0 Å². The quantitative estimate of drug-likeness (QED) is 0.470. The summed E-state index contributed by atoms with van der Waals surface area (Å²) in [5.41, 5.74) is 4.05. The van der Waals surface area contributed by atoms with Gasteiger partial charge in [-0.1, -0.05) is 68.2 Å². The van der Waals surface area contributed by atoms with Crippen molar-refractivity contribution in [1.29, 1.82) is 0 Å². The van der Waals surface area contributed by atoms with Gasteiger partial charge in [-0.2, -0.15) is 0 Å². The fraction of sp³-hybridized carbons (Fsp3) is 0.150. The molecule has 3 aromatic rings. The molecule has 1 aliphatic carbocycles. The van der Waals surface area contributed by atoms with E-state index in [4.69, 9.17) is 0 Å². The standard InChI is InChI=1S/C20H18OSi/c1-22(2,3)20-14-9-5-4-8-13(14)12-17-18(20)15-10-6-7-11-16(15)19(17)21/h4-12H,1-3H3. The summed E-state index contributed by atoms with van der Waals surface area (Å²) in [6.07, 6.45) is 0. The van der Waals surface area contributed by atoms with Gasteiger partial charge >= 0.3 is 0 Å². The monoisotopic (exact) mass is 302 g/mol. The zero-order chi connectivity index (χ0) is 15.5. The fourth-order valence-corrected chi connectivity index (χ4v) is 5.68. The third-order valence-electron chi connectivity index (χ3n) is 4.48. The number of hydrogen-bond acceptors (Lipinski definition) is 1. The van der Waals surface area contributed by atoms with Crippen LogP contribution in [0.2, 0.25) is 19.6 Å². The van der Waals surface area contributed by atoms with E-state index < -0.39 is 8.07 Å². The maximum atomic E-state index is 12.8. The Bertz CT molecular complexity index is 932. The van der Waals surface area contributed by atoms with Crippen molar-refractivity contribution in [2.45, 2.75) is 19.6 Å². The summed E-state index contributed by atoms with van der Waals surface area (Å²) in [5, 5.41) is 3.91. The molecule has 0 spiro atoms. The molecule has 1 nitrogen and oxygen atoms in total. The number of benzene rings is 3. The first-order valence-electron chi connectivity index (χ1n) is 7.69. The van der Waals surface area contributed by atoms with Gasteiger partial charge in [0.15, 0.2) is 5.78 Å². The van der Waals surface area contributed by atoms with Crippen LogP contribution in [-0.4, -0.2) is 13.9 Å². The molecule has 0 fully saturated rings. The van der Waals surface area contributed by atoms with Crippen LogP contribution in [0.3, 0.4) is 0 Å². The molecule has 1 aliphatic rings. The largest absolute Gasteiger partial charge is 0.289 e. The van der Waals surface area contributed by atoms with Crippen LogP contribution in [0.1, 0.15) is 15.9 Å². The second-order valence-corrected chi connectivity index (χ2v) is 12.0. The van der Waals surface area contributed by atoms with E-state index in [9.17, 15) is 4.79 Å². The minimum atomic E-state index is -1.60. The Morgan fingerprint density at radius 1 is 0.773 bits per heavy atom. The number of carbonyl (C=O) groups is 1. The summed E-state index contributed by atoms with van der Waals surface area (Å²) in [6, 6.07) is 18.6. The number of carbonyl (C=O) groups excluding carboxylic acids is 1. The van der Waals surface area contributed by atoms with Crippen LogP contribution in [0.15, 0.2) is 54.6 Å². The third kappa shape index (κ3) is 1.74. The van der Waals surface area contributed by atoms with Gasteiger partial charge in [-0.05, 0) is 33.2 Å². The van der Waals surface area contributed by atoms with E-state index in [1.807, 2.05) is 18.2 Å². The average Bonchev–Trinajstić information content (AvgIpc) is 2.77. The highest BCUT2D eigenvalue weighted by Crippen LogP contribution is 2.38. The summed E-state index contributed by atoms with van der Waals surface area (Å²) in [4.78, 5) is 12.8. The highest BCUT2D eigenvalue weighted by molar-refractivity contribution is 6.91. The molecule has 0 saturated carbocycles. The van der Waals surface area contributed by atoms with Crippen molar-refractivity contribution in [2.75, 3.05) is 0 Å². The molecule has 0 aliphatic heterocycles. The van der Waals surface area contributed by atoms with Crippen molar-refractivity contribution in [3.05, 3.63) is 65.7 Å². The lowest BCUT2D eigenvalue weighted by Gasteiger charge is -2.23. The third-order valence-corrected chi connectivity index (χ3v) is 6.50. The topological polar surface area (TPSA) is 17.1 Å². The Balaban J connectivity index is 2.24. The van der Waals surface area contributed by atoms with Crippen LogP contribution in [0.5, 0.6) is 0 Å². The van der Waals surface area contributed by atoms with Crippen LogP contribution in [-0.2, 0) is 0 Å². The van der Waals surface area contributed by atoms with Gasteiger partial charge in [0.25, 0.3) is 0 Å². The molecular formula is C20H18OSi. The first-order chi connectivity index (χ1) is 10.5. The van der Waals surface area contributed by atoms with E-state index in [1.54, 1.807) is 0 Å². The molecule has 2 heteroatoms. The molecular weight excluding hydrogens is 284 g/mol. The molecule has 0 bridgehead atoms. The number of fused-ring (bicyclic) bond motifs is 4. The zero-order valence-electron chi connectivity index (χ0n) is 13.1. The van der Waals surface area contributed by atoms with Gasteiger partial charge in [0.2, 0.25) is 0 Å². The average molecular weight is 302 g/mol. The molecule has 4 rings (SSSR count). The number of ketones is 1. The van der Waals surface area contributed by atoms with Crippen LogP contribution >= 0.6 is 0 Å². The maximum absolute atomic E-state index is 12.8. The van der Waals surface area contributed by atoms with Crippen molar-refractivity contribution in [3.8, 4) is 11.1 Å². The van der Waals surface area contributed by atoms with Gasteiger partial charge in [0.05, 0.1) is 8.07 Å². The summed E-state index contributed by atoms with van der Waals surface area (Å²) >= 11 is 0. The predicted octanol–water partition coefficient (Wildman–Crippen LogP) is 4.60. The van der Waals surface area contributed by atoms with Crippen molar-refractivity contribution < 1.29 is 4.79 Å². The smallest absolute Gasteiger partial charge is 0.194 e. The van der Waals surface area contributed by atoms with Crippen LogP contribution < -0.4 is 5.19 Å². The van der Waals surface area contributed by atoms with E-state index in [0.29, 0.717) is 0 Å². The molecule has 0 amide bonds. The number of hydrogen-bond donors (Lipinski definition) is 0. The summed E-state index contributed by atoms with van der Waals surface area (Å²) in [6.45, 7) is 7.08. The Morgan fingerprint density at radius 3 is 2.14 bits per heavy atom. The highest BCUT2D eigenvalue weighted by atomic mass is 28.3. The first-order valence-corrected chi connectivity index (χ1v) is 11.2. The zero-order valence-corrected chi connectivity index (χ0v) is 14.1. The molecule has 0 aromatic heterocycles. The normalized spacial score (nSPS) is 13.3. The van der Waals surface area contributed by atoms with Crippen molar-refractivity contribution in [2.24, 2.45) is 0 Å². The molecule has 0 unspecified atom stereocenters. The van der Waals surface area contributed by atoms with Gasteiger partial charge in [0.1, 0.15) is 0 Å². The lowest BCUT2D eigenvalue weighted by Crippen LogP contribution is -2.40. The second-order valence-electron chi connectivity index (χ2n) is 7.02. The Labute approximate surface area is 131 Å². The van der Waals surface area contributed by atoms with Gasteiger partial charge in [-0.25, -0.2) is 0 Å². The predicted molar refractivity (Wildman–Crippen MR) is 95.8 cm³/mol. The van der Waals surface area contributed by atoms with E-state index in [1.165, 1.54) is 21.5 Å². The summed E-state index contributed by atoms with van der Waals surface area (Å²) in [7, 11) is -1.60. The minimum Gasteiger partial charge on any atom is -0.289 e. The Hall–Kier alpha value is -2.19.